The van der Waals surface area contributed by atoms with Gasteiger partial charge in [-0.2, -0.15) is 0 Å². The zero-order chi connectivity index (χ0) is 23.8. The predicted octanol–water partition coefficient (Wildman–Crippen LogP) is 7.08. The third-order valence-electron chi connectivity index (χ3n) is 5.63. The average Bonchev–Trinajstić information content (AvgIpc) is 3.44. The second-order valence-corrected chi connectivity index (χ2v) is 9.29. The molecule has 2 aromatic heterocycles. The summed E-state index contributed by atoms with van der Waals surface area (Å²) in [6, 6.07) is 18.9. The van der Waals surface area contributed by atoms with E-state index in [0.717, 1.165) is 16.9 Å². The van der Waals surface area contributed by atoms with Gasteiger partial charge in [0.25, 0.3) is 0 Å². The second kappa shape index (κ2) is 9.37. The summed E-state index contributed by atoms with van der Waals surface area (Å²) in [5, 5.41) is 4.37. The average molecular weight is 559 g/mol. The number of thiocarbonyl (C=S) groups is 1. The highest BCUT2D eigenvalue weighted by Crippen LogP contribution is 2.44. The highest BCUT2D eigenvalue weighted by molar-refractivity contribution is 9.10. The van der Waals surface area contributed by atoms with Gasteiger partial charge in [0.1, 0.15) is 29.1 Å². The minimum Gasteiger partial charge on any atom is -0.495 e. The van der Waals surface area contributed by atoms with Gasteiger partial charge in [0, 0.05) is 21.9 Å². The van der Waals surface area contributed by atoms with Crippen molar-refractivity contribution in [1.82, 2.24) is 10.3 Å². The Morgan fingerprint density at radius 3 is 2.71 bits per heavy atom. The molecule has 0 radical (unpaired) electrons. The summed E-state index contributed by atoms with van der Waals surface area (Å²) >= 11 is 15.6. The Hall–Kier alpha value is -2.94. The van der Waals surface area contributed by atoms with E-state index in [9.17, 15) is 4.39 Å². The smallest absolute Gasteiger partial charge is 0.174 e. The number of methoxy groups -OCH3 is 1. The zero-order valence-electron chi connectivity index (χ0n) is 17.8. The fraction of sp³-hybridized carbons (Fsp3) is 0.120. The lowest BCUT2D eigenvalue weighted by Gasteiger charge is -2.26. The van der Waals surface area contributed by atoms with Gasteiger partial charge in [-0.15, -0.1) is 0 Å². The first-order valence-electron chi connectivity index (χ1n) is 10.4. The maximum atomic E-state index is 13.6. The number of nitrogens with one attached hydrogen (secondary N) is 1. The molecule has 1 aliphatic rings. The van der Waals surface area contributed by atoms with Gasteiger partial charge in [0.2, 0.25) is 0 Å². The van der Waals surface area contributed by atoms with Gasteiger partial charge in [-0.1, -0.05) is 17.7 Å². The minimum absolute atomic E-state index is 0.273. The van der Waals surface area contributed by atoms with E-state index in [1.165, 1.54) is 12.1 Å². The van der Waals surface area contributed by atoms with E-state index in [1.807, 2.05) is 47.4 Å². The van der Waals surface area contributed by atoms with Crippen LogP contribution in [0.4, 0.5) is 10.1 Å². The molecule has 172 valence electrons. The molecule has 1 N–H and O–H groups in total. The van der Waals surface area contributed by atoms with Crippen LogP contribution < -0.4 is 15.0 Å². The van der Waals surface area contributed by atoms with Crippen LogP contribution in [0.1, 0.15) is 23.5 Å². The second-order valence-electron chi connectivity index (χ2n) is 7.64. The number of furan rings is 1. The van der Waals surface area contributed by atoms with Crippen LogP contribution in [0.25, 0.3) is 11.3 Å². The van der Waals surface area contributed by atoms with Gasteiger partial charge >= 0.3 is 0 Å². The van der Waals surface area contributed by atoms with E-state index in [2.05, 4.69) is 26.2 Å². The van der Waals surface area contributed by atoms with Crippen molar-refractivity contribution in [2.24, 2.45) is 0 Å². The van der Waals surface area contributed by atoms with Crippen molar-refractivity contribution in [3.8, 4) is 17.1 Å². The summed E-state index contributed by atoms with van der Waals surface area (Å²) in [5.74, 6) is 1.52. The lowest BCUT2D eigenvalue weighted by Crippen LogP contribution is -2.29. The Bertz CT molecular complexity index is 1370. The Kier molecular flexibility index (Phi) is 6.29. The fourth-order valence-corrected chi connectivity index (χ4v) is 5.22. The van der Waals surface area contributed by atoms with Crippen molar-refractivity contribution >= 4 is 50.5 Å². The van der Waals surface area contributed by atoms with Crippen LogP contribution in [-0.2, 0) is 0 Å². The van der Waals surface area contributed by atoms with Crippen LogP contribution in [0.15, 0.2) is 81.8 Å². The SMILES string of the molecule is COc1ccc(N2C(=S)N[C@@H](c3ccccn3)[C@H]2c2ccc(-c3ccc(F)cc3Br)o2)cc1Cl. The first-order chi connectivity index (χ1) is 16.5. The number of hydrogen-bond acceptors (Lipinski definition) is 4. The summed E-state index contributed by atoms with van der Waals surface area (Å²) in [7, 11) is 1.57. The first kappa shape index (κ1) is 22.8. The van der Waals surface area contributed by atoms with Crippen molar-refractivity contribution < 1.29 is 13.5 Å². The summed E-state index contributed by atoms with van der Waals surface area (Å²) < 4.78 is 25.8. The van der Waals surface area contributed by atoms with E-state index >= 15 is 0 Å². The maximum Gasteiger partial charge on any atom is 0.174 e. The van der Waals surface area contributed by atoms with Crippen LogP contribution in [0.2, 0.25) is 5.02 Å². The first-order valence-corrected chi connectivity index (χ1v) is 11.9. The van der Waals surface area contributed by atoms with Crippen LogP contribution in [0.5, 0.6) is 5.75 Å². The molecule has 0 aliphatic carbocycles. The van der Waals surface area contributed by atoms with Gasteiger partial charge in [0.05, 0.1) is 23.9 Å². The molecule has 1 saturated heterocycles. The molecule has 3 heterocycles. The number of hydrogen-bond donors (Lipinski definition) is 1. The van der Waals surface area contributed by atoms with Crippen molar-refractivity contribution in [1.29, 1.82) is 0 Å². The van der Waals surface area contributed by atoms with E-state index < -0.39 is 0 Å². The number of halogens is 3. The van der Waals surface area contributed by atoms with E-state index in [4.69, 9.17) is 33.0 Å². The highest BCUT2D eigenvalue weighted by Gasteiger charge is 2.42. The van der Waals surface area contributed by atoms with Crippen LogP contribution in [0, 0.1) is 5.82 Å². The lowest BCUT2D eigenvalue weighted by atomic mass is 10.0. The van der Waals surface area contributed by atoms with Gasteiger partial charge in [-0.3, -0.25) is 4.98 Å². The van der Waals surface area contributed by atoms with Crippen LogP contribution in [-0.4, -0.2) is 17.2 Å². The molecule has 5 nitrogen and oxygen atoms in total. The van der Waals surface area contributed by atoms with Gasteiger partial charge in [-0.05, 0) is 88.8 Å². The Labute approximate surface area is 214 Å². The normalized spacial score (nSPS) is 17.6. The molecule has 1 aliphatic heterocycles. The number of rotatable bonds is 5. The number of nitrogens with zero attached hydrogens (tertiary/aromatic N) is 2. The van der Waals surface area contributed by atoms with E-state index in [1.54, 1.807) is 25.4 Å². The van der Waals surface area contributed by atoms with Crippen molar-refractivity contribution in [3.63, 3.8) is 0 Å². The number of aromatic nitrogens is 1. The summed E-state index contributed by atoms with van der Waals surface area (Å²) in [6.07, 6.45) is 1.74. The molecular formula is C25H18BrClFN3O2S. The Morgan fingerprint density at radius 1 is 1.15 bits per heavy atom. The predicted molar refractivity (Wildman–Crippen MR) is 138 cm³/mol. The topological polar surface area (TPSA) is 50.5 Å². The van der Waals surface area contributed by atoms with Crippen LogP contribution in [0.3, 0.4) is 0 Å². The number of ether oxygens (including phenoxy) is 1. The molecule has 5 rings (SSSR count). The van der Waals surface area contributed by atoms with Gasteiger partial charge < -0.3 is 19.4 Å². The molecule has 0 unspecified atom stereocenters. The minimum atomic E-state index is -0.347. The molecule has 4 aromatic rings. The van der Waals surface area contributed by atoms with Crippen molar-refractivity contribution in [2.45, 2.75) is 12.1 Å². The molecule has 0 spiro atoms. The monoisotopic (exact) mass is 557 g/mol. The molecular weight excluding hydrogens is 541 g/mol. The summed E-state index contributed by atoms with van der Waals surface area (Å²) in [5.41, 5.74) is 2.35. The quantitative estimate of drug-likeness (QED) is 0.264. The van der Waals surface area contributed by atoms with Gasteiger partial charge in [-0.25, -0.2) is 4.39 Å². The van der Waals surface area contributed by atoms with Crippen LogP contribution >= 0.6 is 39.7 Å². The third-order valence-corrected chi connectivity index (χ3v) is 6.89. The highest BCUT2D eigenvalue weighted by atomic mass is 79.9. The maximum absolute atomic E-state index is 13.6. The third kappa shape index (κ3) is 4.17. The fourth-order valence-electron chi connectivity index (χ4n) is 4.07. The number of benzene rings is 2. The van der Waals surface area contributed by atoms with E-state index in [-0.39, 0.29) is 17.9 Å². The molecule has 2 atom stereocenters. The molecule has 34 heavy (non-hydrogen) atoms. The summed E-state index contributed by atoms with van der Waals surface area (Å²) in [6.45, 7) is 0. The number of pyridine rings is 1. The molecule has 1 fully saturated rings. The Balaban J connectivity index is 1.61. The molecule has 0 amide bonds. The largest absolute Gasteiger partial charge is 0.495 e. The number of anilines is 1. The Morgan fingerprint density at radius 2 is 2.00 bits per heavy atom. The van der Waals surface area contributed by atoms with Crippen molar-refractivity contribution in [2.75, 3.05) is 12.0 Å². The summed E-state index contributed by atoms with van der Waals surface area (Å²) in [4.78, 5) is 6.51. The zero-order valence-corrected chi connectivity index (χ0v) is 21.0. The molecule has 0 bridgehead atoms. The molecule has 0 saturated carbocycles. The van der Waals surface area contributed by atoms with Gasteiger partial charge in [0.15, 0.2) is 5.11 Å². The standard InChI is InChI=1S/C25H18BrClFN3O2S/c1-32-21-8-6-15(13-18(21)27)31-24(23(30-25(31)34)19-4-2-3-11-29-19)22-10-9-20(33-22)16-7-5-14(28)12-17(16)26/h2-13,23-24H,1H3,(H,30,34)/t23-,24+/m0/s1. The molecule has 2 aromatic carbocycles. The lowest BCUT2D eigenvalue weighted by molar-refractivity contribution is 0.415. The molecule has 9 heteroatoms. The van der Waals surface area contributed by atoms with E-state index in [0.29, 0.717) is 31.9 Å². The van der Waals surface area contributed by atoms with Crippen molar-refractivity contribution in [3.05, 3.63) is 99.7 Å².